The van der Waals surface area contributed by atoms with Crippen LogP contribution in [0.3, 0.4) is 0 Å². The topological polar surface area (TPSA) is 51.3 Å². The molecule has 1 atom stereocenters. The van der Waals surface area contributed by atoms with Gasteiger partial charge in [0.25, 0.3) is 0 Å². The molecule has 0 aromatic carbocycles. The van der Waals surface area contributed by atoms with Gasteiger partial charge >= 0.3 is 0 Å². The zero-order valence-electron chi connectivity index (χ0n) is 8.08. The second kappa shape index (κ2) is 3.94. The maximum atomic E-state index is 11.1. The number of pyridine rings is 1. The van der Waals surface area contributed by atoms with E-state index in [1.165, 1.54) is 6.07 Å². The van der Waals surface area contributed by atoms with Crippen LogP contribution in [0.5, 0.6) is 0 Å². The van der Waals surface area contributed by atoms with Gasteiger partial charge in [0.2, 0.25) is 5.56 Å². The van der Waals surface area contributed by atoms with Crippen LogP contribution >= 0.6 is 0 Å². The summed E-state index contributed by atoms with van der Waals surface area (Å²) in [6.45, 7) is 3.42. The van der Waals surface area contributed by atoms with Crippen LogP contribution in [0, 0.1) is 0 Å². The molecule has 1 N–H and O–H groups in total. The van der Waals surface area contributed by atoms with Crippen molar-refractivity contribution in [3.8, 4) is 0 Å². The van der Waals surface area contributed by atoms with Crippen LogP contribution in [-0.2, 0) is 16.1 Å². The molecule has 0 bridgehead atoms. The molecule has 0 radical (unpaired) electrons. The molecule has 0 spiro atoms. The van der Waals surface area contributed by atoms with Gasteiger partial charge in [0.05, 0.1) is 13.2 Å². The van der Waals surface area contributed by atoms with Gasteiger partial charge in [0.15, 0.2) is 0 Å². The van der Waals surface area contributed by atoms with E-state index in [1.54, 1.807) is 0 Å². The largest absolute Gasteiger partial charge is 0.355 e. The van der Waals surface area contributed by atoms with Crippen molar-refractivity contribution in [3.63, 3.8) is 0 Å². The predicted molar refractivity (Wildman–Crippen MR) is 51.1 cm³/mol. The highest BCUT2D eigenvalue weighted by Crippen LogP contribution is 2.19. The summed E-state index contributed by atoms with van der Waals surface area (Å²) in [6.07, 6.45) is 0. The van der Waals surface area contributed by atoms with Gasteiger partial charge in [-0.25, -0.2) is 0 Å². The maximum Gasteiger partial charge on any atom is 0.248 e. The first-order valence-electron chi connectivity index (χ1n) is 4.65. The molecule has 1 aliphatic heterocycles. The molecule has 0 aliphatic carbocycles. The van der Waals surface area contributed by atoms with E-state index >= 15 is 0 Å². The minimum absolute atomic E-state index is 0.0730. The van der Waals surface area contributed by atoms with E-state index in [2.05, 4.69) is 4.98 Å². The molecular formula is C10H13NO3. The summed E-state index contributed by atoms with van der Waals surface area (Å²) in [5.74, 6) is 0.211. The summed E-state index contributed by atoms with van der Waals surface area (Å²) in [5, 5.41) is 0. The second-order valence-electron chi connectivity index (χ2n) is 3.50. The molecule has 76 valence electrons. The van der Waals surface area contributed by atoms with Crippen LogP contribution in [0.25, 0.3) is 0 Å². The van der Waals surface area contributed by atoms with Crippen LogP contribution < -0.4 is 5.56 Å². The van der Waals surface area contributed by atoms with Crippen molar-refractivity contribution in [2.24, 2.45) is 0 Å². The van der Waals surface area contributed by atoms with E-state index in [-0.39, 0.29) is 11.5 Å². The Morgan fingerprint density at radius 2 is 2.29 bits per heavy atom. The number of hydrogen-bond acceptors (Lipinski definition) is 3. The number of fused-ring (bicyclic) bond motifs is 1. The first kappa shape index (κ1) is 9.43. The molecule has 0 fully saturated rings. The number of ether oxygens (including phenoxy) is 2. The third kappa shape index (κ3) is 1.86. The number of H-pyrrole nitrogens is 1. The van der Waals surface area contributed by atoms with E-state index in [1.807, 2.05) is 13.0 Å². The van der Waals surface area contributed by atoms with E-state index in [4.69, 9.17) is 9.47 Å². The number of nitrogens with one attached hydrogen (secondary N) is 1. The van der Waals surface area contributed by atoms with Crippen molar-refractivity contribution in [3.05, 3.63) is 33.7 Å². The Labute approximate surface area is 81.9 Å². The standard InChI is InChI=1S/C10H13NO3/c1-7-4-13-6-14-5-8-2-3-9(12)11-10(7)8/h2-3,7H,4-6H2,1H3,(H,11,12). The Balaban J connectivity index is 2.41. The lowest BCUT2D eigenvalue weighted by atomic mass is 10.0. The Morgan fingerprint density at radius 3 is 3.14 bits per heavy atom. The van der Waals surface area contributed by atoms with Crippen LogP contribution in [0.2, 0.25) is 0 Å². The van der Waals surface area contributed by atoms with Gasteiger partial charge in [-0.2, -0.15) is 0 Å². The average molecular weight is 195 g/mol. The van der Waals surface area contributed by atoms with Crippen molar-refractivity contribution in [2.75, 3.05) is 13.4 Å². The lowest BCUT2D eigenvalue weighted by molar-refractivity contribution is -0.0704. The van der Waals surface area contributed by atoms with Crippen LogP contribution in [0.1, 0.15) is 24.1 Å². The molecule has 2 heterocycles. The molecule has 1 unspecified atom stereocenters. The summed E-state index contributed by atoms with van der Waals surface area (Å²) in [5.41, 5.74) is 1.90. The second-order valence-corrected chi connectivity index (χ2v) is 3.50. The van der Waals surface area contributed by atoms with Gasteiger partial charge in [-0.1, -0.05) is 6.92 Å². The van der Waals surface area contributed by atoms with Crippen molar-refractivity contribution in [1.82, 2.24) is 4.98 Å². The highest BCUT2D eigenvalue weighted by atomic mass is 16.7. The van der Waals surface area contributed by atoms with Gasteiger partial charge in [-0.05, 0) is 11.6 Å². The lowest BCUT2D eigenvalue weighted by Gasteiger charge is -2.19. The normalized spacial score (nSPS) is 22.2. The van der Waals surface area contributed by atoms with Gasteiger partial charge in [-0.3, -0.25) is 4.79 Å². The van der Waals surface area contributed by atoms with Crippen LogP contribution in [0.4, 0.5) is 0 Å². The first-order chi connectivity index (χ1) is 6.77. The fourth-order valence-corrected chi connectivity index (χ4v) is 1.61. The third-order valence-electron chi connectivity index (χ3n) is 2.32. The van der Waals surface area contributed by atoms with Crippen LogP contribution in [-0.4, -0.2) is 18.4 Å². The molecule has 4 nitrogen and oxygen atoms in total. The molecule has 2 rings (SSSR count). The van der Waals surface area contributed by atoms with E-state index in [9.17, 15) is 4.79 Å². The minimum atomic E-state index is -0.0730. The molecule has 0 amide bonds. The van der Waals surface area contributed by atoms with Crippen molar-refractivity contribution < 1.29 is 9.47 Å². The minimum Gasteiger partial charge on any atom is -0.355 e. The van der Waals surface area contributed by atoms with E-state index < -0.39 is 0 Å². The molecule has 1 aromatic heterocycles. The van der Waals surface area contributed by atoms with E-state index in [0.717, 1.165) is 11.3 Å². The first-order valence-corrected chi connectivity index (χ1v) is 4.65. The van der Waals surface area contributed by atoms with Gasteiger partial charge in [0.1, 0.15) is 6.79 Å². The quantitative estimate of drug-likeness (QED) is 0.671. The molecular weight excluding hydrogens is 182 g/mol. The monoisotopic (exact) mass is 195 g/mol. The number of aromatic amines is 1. The average Bonchev–Trinajstić information content (AvgIpc) is 2.16. The Kier molecular flexibility index (Phi) is 2.65. The van der Waals surface area contributed by atoms with Gasteiger partial charge < -0.3 is 14.5 Å². The molecule has 14 heavy (non-hydrogen) atoms. The predicted octanol–water partition coefficient (Wildman–Crippen LogP) is 0.983. The number of rotatable bonds is 0. The molecule has 0 saturated heterocycles. The fraction of sp³-hybridized carbons (Fsp3) is 0.500. The number of hydrogen-bond donors (Lipinski definition) is 1. The highest BCUT2D eigenvalue weighted by molar-refractivity contribution is 5.22. The van der Waals surface area contributed by atoms with Crippen molar-refractivity contribution in [2.45, 2.75) is 19.4 Å². The summed E-state index contributed by atoms with van der Waals surface area (Å²) >= 11 is 0. The molecule has 4 heteroatoms. The van der Waals surface area contributed by atoms with Crippen molar-refractivity contribution in [1.29, 1.82) is 0 Å². The maximum absolute atomic E-state index is 11.1. The zero-order valence-corrected chi connectivity index (χ0v) is 8.08. The smallest absolute Gasteiger partial charge is 0.248 e. The van der Waals surface area contributed by atoms with Crippen LogP contribution in [0.15, 0.2) is 16.9 Å². The Bertz CT molecular complexity index is 372. The fourth-order valence-electron chi connectivity index (χ4n) is 1.61. The Morgan fingerprint density at radius 1 is 1.43 bits per heavy atom. The third-order valence-corrected chi connectivity index (χ3v) is 2.32. The zero-order chi connectivity index (χ0) is 9.97. The molecule has 1 aromatic rings. The summed E-state index contributed by atoms with van der Waals surface area (Å²) in [6, 6.07) is 3.34. The summed E-state index contributed by atoms with van der Waals surface area (Å²) in [4.78, 5) is 14.0. The summed E-state index contributed by atoms with van der Waals surface area (Å²) < 4.78 is 10.5. The van der Waals surface area contributed by atoms with E-state index in [0.29, 0.717) is 20.0 Å². The van der Waals surface area contributed by atoms with Crippen molar-refractivity contribution >= 4 is 0 Å². The molecule has 1 aliphatic rings. The summed E-state index contributed by atoms with van der Waals surface area (Å²) in [7, 11) is 0. The SMILES string of the molecule is CC1COCOCc2ccc(=O)[nH]c21. The lowest BCUT2D eigenvalue weighted by Crippen LogP contribution is -2.19. The number of aromatic nitrogens is 1. The Hall–Kier alpha value is -1.13. The van der Waals surface area contributed by atoms with Gasteiger partial charge in [0, 0.05) is 17.7 Å². The molecule has 0 saturated carbocycles. The van der Waals surface area contributed by atoms with Gasteiger partial charge in [-0.15, -0.1) is 0 Å². The highest BCUT2D eigenvalue weighted by Gasteiger charge is 2.14.